The Labute approximate surface area is 159 Å². The fourth-order valence-corrected chi connectivity index (χ4v) is 3.99. The van der Waals surface area contributed by atoms with Gasteiger partial charge in [0.25, 0.3) is 5.91 Å². The number of thiophene rings is 1. The lowest BCUT2D eigenvalue weighted by atomic mass is 10.1. The van der Waals surface area contributed by atoms with Crippen LogP contribution < -0.4 is 5.48 Å². The van der Waals surface area contributed by atoms with E-state index in [-0.39, 0.29) is 5.91 Å². The Hall–Kier alpha value is -3.03. The molecule has 4 rings (SSSR count). The Bertz CT molecular complexity index is 1090. The molecule has 3 heterocycles. The molecular formula is C20H17N3O3S. The summed E-state index contributed by atoms with van der Waals surface area (Å²) in [5.74, 6) is 0.826. The first-order valence-electron chi connectivity index (χ1n) is 8.41. The molecule has 0 saturated heterocycles. The average molecular weight is 379 g/mol. The van der Waals surface area contributed by atoms with Gasteiger partial charge in [0.1, 0.15) is 4.83 Å². The van der Waals surface area contributed by atoms with Crippen LogP contribution in [0.5, 0.6) is 0 Å². The monoisotopic (exact) mass is 379 g/mol. The van der Waals surface area contributed by atoms with Crippen molar-refractivity contribution in [2.24, 2.45) is 0 Å². The van der Waals surface area contributed by atoms with Crippen LogP contribution in [0.3, 0.4) is 0 Å². The minimum Gasteiger partial charge on any atom is -0.461 e. The van der Waals surface area contributed by atoms with Crippen LogP contribution in [0, 0.1) is 13.8 Å². The molecule has 1 amide bonds. The summed E-state index contributed by atoms with van der Waals surface area (Å²) in [6.45, 7) is 4.11. The molecule has 1 N–H and O–H groups in total. The predicted molar refractivity (Wildman–Crippen MR) is 103 cm³/mol. The number of aromatic nitrogens is 2. The standard InChI is InChI=1S/C20H17N3O3S/c1-12-16-13(2)21-18(15-9-6-10-25-15)22-20(16)27-17(12)19(24)23-26-11-14-7-4-3-5-8-14/h3-10H,11H2,1-2H3,(H,23,24). The van der Waals surface area contributed by atoms with Crippen molar-refractivity contribution in [3.63, 3.8) is 0 Å². The number of hydroxylamine groups is 1. The highest BCUT2D eigenvalue weighted by Crippen LogP contribution is 2.32. The van der Waals surface area contributed by atoms with E-state index < -0.39 is 0 Å². The largest absolute Gasteiger partial charge is 0.461 e. The van der Waals surface area contributed by atoms with Crippen LogP contribution in [0.15, 0.2) is 53.1 Å². The van der Waals surface area contributed by atoms with Gasteiger partial charge in [0.2, 0.25) is 0 Å². The Kier molecular flexibility index (Phi) is 4.70. The van der Waals surface area contributed by atoms with Crippen LogP contribution >= 0.6 is 11.3 Å². The maximum absolute atomic E-state index is 12.6. The van der Waals surface area contributed by atoms with Crippen molar-refractivity contribution in [1.29, 1.82) is 0 Å². The molecule has 0 aliphatic heterocycles. The van der Waals surface area contributed by atoms with Gasteiger partial charge in [-0.05, 0) is 37.1 Å². The van der Waals surface area contributed by atoms with Crippen molar-refractivity contribution in [1.82, 2.24) is 15.4 Å². The Morgan fingerprint density at radius 2 is 1.96 bits per heavy atom. The van der Waals surface area contributed by atoms with Crippen LogP contribution in [-0.2, 0) is 11.4 Å². The van der Waals surface area contributed by atoms with E-state index in [4.69, 9.17) is 9.25 Å². The number of carbonyl (C=O) groups excluding carboxylic acids is 1. The van der Waals surface area contributed by atoms with E-state index in [9.17, 15) is 4.79 Å². The molecule has 0 bridgehead atoms. The van der Waals surface area contributed by atoms with Gasteiger partial charge in [0, 0.05) is 5.39 Å². The van der Waals surface area contributed by atoms with Crippen LogP contribution in [0.4, 0.5) is 0 Å². The smallest absolute Gasteiger partial charge is 0.285 e. The van der Waals surface area contributed by atoms with Crippen molar-refractivity contribution < 1.29 is 14.0 Å². The number of nitrogens with zero attached hydrogens (tertiary/aromatic N) is 2. The summed E-state index contributed by atoms with van der Waals surface area (Å²) in [5, 5.41) is 0.892. The minimum absolute atomic E-state index is 0.287. The highest BCUT2D eigenvalue weighted by molar-refractivity contribution is 7.20. The molecule has 6 nitrogen and oxygen atoms in total. The quantitative estimate of drug-likeness (QED) is 0.519. The average Bonchev–Trinajstić information content (AvgIpc) is 3.31. The van der Waals surface area contributed by atoms with Gasteiger partial charge in [-0.2, -0.15) is 0 Å². The van der Waals surface area contributed by atoms with Crippen LogP contribution in [-0.4, -0.2) is 15.9 Å². The maximum Gasteiger partial charge on any atom is 0.285 e. The summed E-state index contributed by atoms with van der Waals surface area (Å²) >= 11 is 1.32. The lowest BCUT2D eigenvalue weighted by Crippen LogP contribution is -2.23. The lowest BCUT2D eigenvalue weighted by molar-refractivity contribution is 0.0236. The molecule has 27 heavy (non-hydrogen) atoms. The fraction of sp³-hybridized carbons (Fsp3) is 0.150. The molecule has 0 fully saturated rings. The van der Waals surface area contributed by atoms with E-state index in [1.807, 2.05) is 50.2 Å². The topological polar surface area (TPSA) is 77.2 Å². The minimum atomic E-state index is -0.287. The first kappa shape index (κ1) is 17.4. The molecule has 4 aromatic rings. The lowest BCUT2D eigenvalue weighted by Gasteiger charge is -2.05. The summed E-state index contributed by atoms with van der Waals surface area (Å²) in [6.07, 6.45) is 1.58. The summed E-state index contributed by atoms with van der Waals surface area (Å²) in [7, 11) is 0. The highest BCUT2D eigenvalue weighted by Gasteiger charge is 2.20. The molecule has 0 aliphatic carbocycles. The molecule has 0 radical (unpaired) electrons. The number of carbonyl (C=O) groups is 1. The molecule has 0 unspecified atom stereocenters. The molecule has 136 valence electrons. The zero-order valence-electron chi connectivity index (χ0n) is 14.9. The third-order valence-electron chi connectivity index (χ3n) is 4.17. The van der Waals surface area contributed by atoms with Gasteiger partial charge in [-0.15, -0.1) is 11.3 Å². The molecule has 3 aromatic heterocycles. The number of hydrogen-bond acceptors (Lipinski definition) is 6. The highest BCUT2D eigenvalue weighted by atomic mass is 32.1. The third kappa shape index (κ3) is 3.47. The van der Waals surface area contributed by atoms with E-state index >= 15 is 0 Å². The van der Waals surface area contributed by atoms with Gasteiger partial charge in [-0.3, -0.25) is 9.63 Å². The van der Waals surface area contributed by atoms with Gasteiger partial charge in [-0.25, -0.2) is 15.4 Å². The molecule has 1 aromatic carbocycles. The summed E-state index contributed by atoms with van der Waals surface area (Å²) in [6, 6.07) is 13.3. The zero-order chi connectivity index (χ0) is 18.8. The number of fused-ring (bicyclic) bond motifs is 1. The first-order chi connectivity index (χ1) is 13.1. The maximum atomic E-state index is 12.6. The summed E-state index contributed by atoms with van der Waals surface area (Å²) in [4.78, 5) is 28.3. The van der Waals surface area contributed by atoms with E-state index in [0.29, 0.717) is 23.1 Å². The Morgan fingerprint density at radius 3 is 2.70 bits per heavy atom. The number of aryl methyl sites for hydroxylation is 2. The molecule has 7 heteroatoms. The van der Waals surface area contributed by atoms with E-state index in [2.05, 4.69) is 15.4 Å². The molecule has 0 saturated carbocycles. The molecular weight excluding hydrogens is 362 g/mol. The van der Waals surface area contributed by atoms with Crippen molar-refractivity contribution in [3.05, 3.63) is 70.4 Å². The van der Waals surface area contributed by atoms with Gasteiger partial charge in [-0.1, -0.05) is 30.3 Å². The second kappa shape index (κ2) is 7.30. The van der Waals surface area contributed by atoms with E-state index in [1.165, 1.54) is 11.3 Å². The number of hydrogen-bond donors (Lipinski definition) is 1. The predicted octanol–water partition coefficient (Wildman–Crippen LogP) is 4.43. The Morgan fingerprint density at radius 1 is 1.15 bits per heavy atom. The molecule has 0 spiro atoms. The van der Waals surface area contributed by atoms with Crippen molar-refractivity contribution in [3.8, 4) is 11.6 Å². The van der Waals surface area contributed by atoms with Gasteiger partial charge >= 0.3 is 0 Å². The molecule has 0 aliphatic rings. The van der Waals surface area contributed by atoms with Crippen molar-refractivity contribution >= 4 is 27.5 Å². The summed E-state index contributed by atoms with van der Waals surface area (Å²) in [5.41, 5.74) is 5.15. The normalized spacial score (nSPS) is 11.0. The Balaban J connectivity index is 1.57. The third-order valence-corrected chi connectivity index (χ3v) is 5.35. The number of amides is 1. The van der Waals surface area contributed by atoms with Crippen LogP contribution in [0.25, 0.3) is 21.8 Å². The van der Waals surface area contributed by atoms with Gasteiger partial charge in [0.15, 0.2) is 11.6 Å². The second-order valence-corrected chi connectivity index (χ2v) is 7.05. The number of nitrogens with one attached hydrogen (secondary N) is 1. The van der Waals surface area contributed by atoms with E-state index in [0.717, 1.165) is 27.0 Å². The van der Waals surface area contributed by atoms with Crippen molar-refractivity contribution in [2.45, 2.75) is 20.5 Å². The summed E-state index contributed by atoms with van der Waals surface area (Å²) < 4.78 is 5.38. The van der Waals surface area contributed by atoms with Crippen LogP contribution in [0.1, 0.15) is 26.5 Å². The van der Waals surface area contributed by atoms with Gasteiger partial charge < -0.3 is 4.42 Å². The number of benzene rings is 1. The molecule has 0 atom stereocenters. The van der Waals surface area contributed by atoms with Crippen molar-refractivity contribution in [2.75, 3.05) is 0 Å². The number of rotatable bonds is 5. The fourth-order valence-electron chi connectivity index (χ4n) is 2.88. The van der Waals surface area contributed by atoms with Crippen LogP contribution in [0.2, 0.25) is 0 Å². The zero-order valence-corrected chi connectivity index (χ0v) is 15.7. The van der Waals surface area contributed by atoms with Gasteiger partial charge in [0.05, 0.1) is 23.4 Å². The van der Waals surface area contributed by atoms with E-state index in [1.54, 1.807) is 12.3 Å². The second-order valence-electron chi connectivity index (χ2n) is 6.05. The number of furan rings is 1. The first-order valence-corrected chi connectivity index (χ1v) is 9.23. The SMILES string of the molecule is Cc1nc(-c2ccco2)nc2sc(C(=O)NOCc3ccccc3)c(C)c12.